The summed E-state index contributed by atoms with van der Waals surface area (Å²) in [5.41, 5.74) is 0. The second-order valence-electron chi connectivity index (χ2n) is 4.07. The van der Waals surface area contributed by atoms with Gasteiger partial charge in [-0.1, -0.05) is 0 Å². The minimum Gasteiger partial charge on any atom is -0.449 e. The maximum Gasteiger partial charge on any atom is 0.203 e. The van der Waals surface area contributed by atoms with Crippen LogP contribution < -0.4 is 5.32 Å². The molecule has 3 nitrogen and oxygen atoms in total. The Hall–Kier alpha value is -0.920. The van der Waals surface area contributed by atoms with Crippen molar-refractivity contribution in [3.05, 3.63) is 23.7 Å². The normalized spacial score (nSPS) is 14.9. The maximum absolute atomic E-state index is 8.58. The Kier molecular flexibility index (Phi) is 4.32. The van der Waals surface area contributed by atoms with Crippen LogP contribution in [-0.4, -0.2) is 18.1 Å². The van der Waals surface area contributed by atoms with Gasteiger partial charge in [-0.2, -0.15) is 17.0 Å². The number of rotatable bonds is 7. The van der Waals surface area contributed by atoms with E-state index in [1.165, 1.54) is 18.6 Å². The van der Waals surface area contributed by atoms with E-state index < -0.39 is 0 Å². The van der Waals surface area contributed by atoms with E-state index in [0.717, 1.165) is 24.0 Å². The highest BCUT2D eigenvalue weighted by atomic mass is 32.2. The number of hydrogen-bond donors (Lipinski definition) is 1. The Labute approximate surface area is 100 Å². The second kappa shape index (κ2) is 5.97. The van der Waals surface area contributed by atoms with Gasteiger partial charge in [-0.25, -0.2) is 0 Å². The third kappa shape index (κ3) is 3.92. The predicted molar refractivity (Wildman–Crippen MR) is 65.2 cm³/mol. The van der Waals surface area contributed by atoms with E-state index in [-0.39, 0.29) is 0 Å². The SMILES string of the molecule is N#Cc1ccc(CNCCSCC2CC2)o1. The van der Waals surface area contributed by atoms with Gasteiger partial charge in [-0.05, 0) is 36.6 Å². The maximum atomic E-state index is 8.58. The number of hydrogen-bond acceptors (Lipinski definition) is 4. The third-order valence-electron chi connectivity index (χ3n) is 2.54. The van der Waals surface area contributed by atoms with Crippen LogP contribution in [0, 0.1) is 17.2 Å². The molecule has 0 saturated heterocycles. The van der Waals surface area contributed by atoms with E-state index in [9.17, 15) is 0 Å². The van der Waals surface area contributed by atoms with E-state index in [4.69, 9.17) is 9.68 Å². The fourth-order valence-corrected chi connectivity index (χ4v) is 2.55. The highest BCUT2D eigenvalue weighted by Gasteiger charge is 2.20. The highest BCUT2D eigenvalue weighted by Crippen LogP contribution is 2.32. The standard InChI is InChI=1S/C12H16N2OS/c13-7-11-3-4-12(15-11)8-14-5-6-16-9-10-1-2-10/h3-4,10,14H,1-2,5-6,8-9H2. The molecule has 0 spiro atoms. The van der Waals surface area contributed by atoms with Crippen molar-refractivity contribution in [3.8, 4) is 6.07 Å². The monoisotopic (exact) mass is 236 g/mol. The van der Waals surface area contributed by atoms with E-state index in [0.29, 0.717) is 12.3 Å². The molecule has 1 heterocycles. The van der Waals surface area contributed by atoms with Crippen molar-refractivity contribution in [3.63, 3.8) is 0 Å². The molecule has 1 aromatic rings. The largest absolute Gasteiger partial charge is 0.449 e. The molecular formula is C12H16N2OS. The van der Waals surface area contributed by atoms with Crippen LogP contribution in [0.2, 0.25) is 0 Å². The van der Waals surface area contributed by atoms with Gasteiger partial charge in [0.05, 0.1) is 6.54 Å². The fraction of sp³-hybridized carbons (Fsp3) is 0.583. The minimum atomic E-state index is 0.389. The Morgan fingerprint density at radius 3 is 3.06 bits per heavy atom. The zero-order chi connectivity index (χ0) is 11.2. The van der Waals surface area contributed by atoms with E-state index in [1.807, 2.05) is 23.9 Å². The van der Waals surface area contributed by atoms with Crippen molar-refractivity contribution >= 4 is 11.8 Å². The van der Waals surface area contributed by atoms with Gasteiger partial charge in [-0.15, -0.1) is 0 Å². The molecule has 0 aliphatic heterocycles. The number of nitrogens with one attached hydrogen (secondary N) is 1. The van der Waals surface area contributed by atoms with E-state index >= 15 is 0 Å². The van der Waals surface area contributed by atoms with Crippen LogP contribution >= 0.6 is 11.8 Å². The van der Waals surface area contributed by atoms with Gasteiger partial charge >= 0.3 is 0 Å². The first-order chi connectivity index (χ1) is 7.88. The van der Waals surface area contributed by atoms with Crippen LogP contribution in [-0.2, 0) is 6.54 Å². The summed E-state index contributed by atoms with van der Waals surface area (Å²) in [7, 11) is 0. The first-order valence-corrected chi connectivity index (χ1v) is 6.81. The molecule has 1 fully saturated rings. The lowest BCUT2D eigenvalue weighted by Gasteiger charge is -2.02. The molecule has 1 aliphatic carbocycles. The minimum absolute atomic E-state index is 0.389. The first kappa shape index (κ1) is 11.6. The summed E-state index contributed by atoms with van der Waals surface area (Å²) in [5.74, 6) is 4.71. The van der Waals surface area contributed by atoms with Crippen LogP contribution in [0.25, 0.3) is 0 Å². The summed E-state index contributed by atoms with van der Waals surface area (Å²) in [6, 6.07) is 5.54. The fourth-order valence-electron chi connectivity index (χ4n) is 1.42. The molecule has 16 heavy (non-hydrogen) atoms. The summed E-state index contributed by atoms with van der Waals surface area (Å²) >= 11 is 2.02. The number of furan rings is 1. The molecule has 1 aromatic heterocycles. The molecule has 2 rings (SSSR count). The van der Waals surface area contributed by atoms with Crippen molar-refractivity contribution < 1.29 is 4.42 Å². The topological polar surface area (TPSA) is 49.0 Å². The van der Waals surface area contributed by atoms with Crippen molar-refractivity contribution in [2.45, 2.75) is 19.4 Å². The average Bonchev–Trinajstić information content (AvgIpc) is 3.01. The molecule has 0 amide bonds. The van der Waals surface area contributed by atoms with Crippen molar-refractivity contribution in [1.29, 1.82) is 5.26 Å². The van der Waals surface area contributed by atoms with Gasteiger partial charge in [0.2, 0.25) is 5.76 Å². The quantitative estimate of drug-likeness (QED) is 0.738. The molecule has 1 N–H and O–H groups in total. The molecule has 1 aliphatic rings. The Balaban J connectivity index is 1.51. The molecule has 1 saturated carbocycles. The zero-order valence-electron chi connectivity index (χ0n) is 9.24. The van der Waals surface area contributed by atoms with Gasteiger partial charge in [0.25, 0.3) is 0 Å². The lowest BCUT2D eigenvalue weighted by Crippen LogP contribution is -2.16. The highest BCUT2D eigenvalue weighted by molar-refractivity contribution is 7.99. The lowest BCUT2D eigenvalue weighted by molar-refractivity contribution is 0.478. The lowest BCUT2D eigenvalue weighted by atomic mass is 10.4. The summed E-state index contributed by atoms with van der Waals surface area (Å²) in [5, 5.41) is 11.9. The number of nitriles is 1. The van der Waals surface area contributed by atoms with Crippen LogP contribution in [0.5, 0.6) is 0 Å². The van der Waals surface area contributed by atoms with Crippen molar-refractivity contribution in [1.82, 2.24) is 5.32 Å². The molecule has 0 aromatic carbocycles. The van der Waals surface area contributed by atoms with E-state index in [2.05, 4.69) is 5.32 Å². The second-order valence-corrected chi connectivity index (χ2v) is 5.22. The van der Waals surface area contributed by atoms with Crippen LogP contribution in [0.4, 0.5) is 0 Å². The summed E-state index contributed by atoms with van der Waals surface area (Å²) in [6.45, 7) is 1.71. The smallest absolute Gasteiger partial charge is 0.203 e. The average molecular weight is 236 g/mol. The van der Waals surface area contributed by atoms with Gasteiger partial charge in [0, 0.05) is 12.3 Å². The molecule has 0 atom stereocenters. The molecule has 0 unspecified atom stereocenters. The van der Waals surface area contributed by atoms with Gasteiger partial charge in [0.1, 0.15) is 11.8 Å². The Morgan fingerprint density at radius 2 is 2.38 bits per heavy atom. The van der Waals surface area contributed by atoms with Gasteiger partial charge in [0.15, 0.2) is 0 Å². The molecule has 86 valence electrons. The van der Waals surface area contributed by atoms with Gasteiger partial charge < -0.3 is 9.73 Å². The molecule has 0 radical (unpaired) electrons. The Bertz CT molecular complexity index is 365. The molecule has 0 bridgehead atoms. The van der Waals surface area contributed by atoms with Crippen LogP contribution in [0.3, 0.4) is 0 Å². The number of nitrogens with zero attached hydrogens (tertiary/aromatic N) is 1. The summed E-state index contributed by atoms with van der Waals surface area (Å²) in [6.07, 6.45) is 2.87. The zero-order valence-corrected chi connectivity index (χ0v) is 10.1. The first-order valence-electron chi connectivity index (χ1n) is 5.66. The van der Waals surface area contributed by atoms with E-state index in [1.54, 1.807) is 6.07 Å². The van der Waals surface area contributed by atoms with Crippen LogP contribution in [0.15, 0.2) is 16.5 Å². The van der Waals surface area contributed by atoms with Crippen molar-refractivity contribution in [2.24, 2.45) is 5.92 Å². The summed E-state index contributed by atoms with van der Waals surface area (Å²) in [4.78, 5) is 0. The third-order valence-corrected chi connectivity index (χ3v) is 3.74. The van der Waals surface area contributed by atoms with Gasteiger partial charge in [-0.3, -0.25) is 0 Å². The summed E-state index contributed by atoms with van der Waals surface area (Å²) < 4.78 is 5.26. The molecular weight excluding hydrogens is 220 g/mol. The Morgan fingerprint density at radius 1 is 1.50 bits per heavy atom. The predicted octanol–water partition coefficient (Wildman–Crippen LogP) is 2.38. The van der Waals surface area contributed by atoms with Crippen LogP contribution in [0.1, 0.15) is 24.4 Å². The number of thioether (sulfide) groups is 1. The van der Waals surface area contributed by atoms with Crippen molar-refractivity contribution in [2.75, 3.05) is 18.1 Å². The molecule has 4 heteroatoms.